The van der Waals surface area contributed by atoms with Crippen molar-refractivity contribution in [2.24, 2.45) is 5.92 Å². The molecule has 0 amide bonds. The number of piperidine rings is 1. The average molecular weight is 268 g/mol. The van der Waals surface area contributed by atoms with E-state index in [1.54, 1.807) is 0 Å². The minimum absolute atomic E-state index is 0.0267. The van der Waals surface area contributed by atoms with E-state index in [2.05, 4.69) is 10.2 Å². The van der Waals surface area contributed by atoms with Gasteiger partial charge in [0.1, 0.15) is 0 Å². The smallest absolute Gasteiger partial charge is 0.0628 e. The first-order valence-corrected chi connectivity index (χ1v) is 7.89. The SMILES string of the molecule is COC1CCN(CC(CO)(NC2CC2)C2CC2)CC1. The summed E-state index contributed by atoms with van der Waals surface area (Å²) >= 11 is 0. The number of hydrogen-bond donors (Lipinski definition) is 2. The molecule has 1 atom stereocenters. The largest absolute Gasteiger partial charge is 0.394 e. The Morgan fingerprint density at radius 3 is 2.32 bits per heavy atom. The first kappa shape index (κ1) is 13.8. The molecule has 110 valence electrons. The van der Waals surface area contributed by atoms with E-state index in [1.165, 1.54) is 25.7 Å². The van der Waals surface area contributed by atoms with E-state index >= 15 is 0 Å². The summed E-state index contributed by atoms with van der Waals surface area (Å²) < 4.78 is 5.44. The van der Waals surface area contributed by atoms with Gasteiger partial charge in [-0.25, -0.2) is 0 Å². The summed E-state index contributed by atoms with van der Waals surface area (Å²) in [6, 6.07) is 0.671. The standard InChI is InChI=1S/C15H28N2O2/c1-19-14-6-8-17(9-7-14)10-15(11-18,12-2-3-12)16-13-4-5-13/h12-14,16,18H,2-11H2,1H3. The lowest BCUT2D eigenvalue weighted by Crippen LogP contribution is -2.59. The number of ether oxygens (including phenoxy) is 1. The van der Waals surface area contributed by atoms with Crippen LogP contribution in [0.1, 0.15) is 38.5 Å². The van der Waals surface area contributed by atoms with E-state index in [0.717, 1.165) is 32.5 Å². The number of methoxy groups -OCH3 is 1. The molecule has 2 aliphatic carbocycles. The van der Waals surface area contributed by atoms with Crippen LogP contribution in [0.15, 0.2) is 0 Å². The van der Waals surface area contributed by atoms with E-state index in [0.29, 0.717) is 24.7 Å². The van der Waals surface area contributed by atoms with Gasteiger partial charge in [-0.3, -0.25) is 0 Å². The molecular weight excluding hydrogens is 240 g/mol. The molecule has 0 radical (unpaired) electrons. The number of aliphatic hydroxyl groups is 1. The molecule has 0 bridgehead atoms. The Hall–Kier alpha value is -0.160. The highest BCUT2D eigenvalue weighted by Gasteiger charge is 2.48. The van der Waals surface area contributed by atoms with Crippen LogP contribution in [0.4, 0.5) is 0 Å². The summed E-state index contributed by atoms with van der Waals surface area (Å²) in [4.78, 5) is 2.53. The quantitative estimate of drug-likeness (QED) is 0.723. The topological polar surface area (TPSA) is 44.7 Å². The minimum Gasteiger partial charge on any atom is -0.394 e. The summed E-state index contributed by atoms with van der Waals surface area (Å²) in [6.07, 6.45) is 7.86. The van der Waals surface area contributed by atoms with Gasteiger partial charge in [0.2, 0.25) is 0 Å². The van der Waals surface area contributed by atoms with Crippen LogP contribution in [-0.2, 0) is 4.74 Å². The third-order valence-electron chi connectivity index (χ3n) is 5.08. The van der Waals surface area contributed by atoms with Gasteiger partial charge >= 0.3 is 0 Å². The molecule has 3 aliphatic rings. The van der Waals surface area contributed by atoms with Gasteiger partial charge in [-0.05, 0) is 44.4 Å². The Kier molecular flexibility index (Phi) is 4.13. The van der Waals surface area contributed by atoms with Crippen molar-refractivity contribution in [1.82, 2.24) is 10.2 Å². The summed E-state index contributed by atoms with van der Waals surface area (Å²) in [5.41, 5.74) is -0.0267. The predicted octanol–water partition coefficient (Wildman–Crippen LogP) is 0.990. The maximum absolute atomic E-state index is 9.98. The summed E-state index contributed by atoms with van der Waals surface area (Å²) in [5.74, 6) is 0.693. The Labute approximate surface area is 116 Å². The van der Waals surface area contributed by atoms with Gasteiger partial charge in [-0.1, -0.05) is 0 Å². The zero-order valence-electron chi connectivity index (χ0n) is 12.1. The van der Waals surface area contributed by atoms with Gasteiger partial charge in [0.15, 0.2) is 0 Å². The van der Waals surface area contributed by atoms with Crippen molar-refractivity contribution in [3.8, 4) is 0 Å². The number of aliphatic hydroxyl groups excluding tert-OH is 1. The van der Waals surface area contributed by atoms with Crippen molar-refractivity contribution in [2.45, 2.75) is 56.2 Å². The number of likely N-dealkylation sites (tertiary alicyclic amines) is 1. The molecule has 19 heavy (non-hydrogen) atoms. The first-order chi connectivity index (χ1) is 9.25. The number of rotatable bonds is 7. The highest BCUT2D eigenvalue weighted by Crippen LogP contribution is 2.42. The number of hydrogen-bond acceptors (Lipinski definition) is 4. The Bertz CT molecular complexity index is 297. The van der Waals surface area contributed by atoms with Crippen molar-refractivity contribution >= 4 is 0 Å². The van der Waals surface area contributed by atoms with Crippen LogP contribution in [0.25, 0.3) is 0 Å². The lowest BCUT2D eigenvalue weighted by atomic mass is 9.91. The van der Waals surface area contributed by atoms with Gasteiger partial charge in [-0.2, -0.15) is 0 Å². The molecule has 1 heterocycles. The van der Waals surface area contributed by atoms with Crippen molar-refractivity contribution in [3.63, 3.8) is 0 Å². The second-order valence-corrected chi connectivity index (χ2v) is 6.72. The van der Waals surface area contributed by atoms with Crippen LogP contribution in [0, 0.1) is 5.92 Å². The summed E-state index contributed by atoms with van der Waals surface area (Å²) in [5, 5.41) is 13.7. The Morgan fingerprint density at radius 1 is 1.16 bits per heavy atom. The van der Waals surface area contributed by atoms with Gasteiger partial charge in [-0.15, -0.1) is 0 Å². The normalized spacial score (nSPS) is 29.4. The maximum Gasteiger partial charge on any atom is 0.0628 e. The molecule has 3 fully saturated rings. The minimum atomic E-state index is -0.0267. The average Bonchev–Trinajstić information content (AvgIpc) is 3.31. The predicted molar refractivity (Wildman–Crippen MR) is 75.2 cm³/mol. The first-order valence-electron chi connectivity index (χ1n) is 7.89. The third kappa shape index (κ3) is 3.30. The van der Waals surface area contributed by atoms with Crippen LogP contribution in [0.5, 0.6) is 0 Å². The molecule has 0 aromatic rings. The van der Waals surface area contributed by atoms with E-state index in [4.69, 9.17) is 4.74 Å². The lowest BCUT2D eigenvalue weighted by molar-refractivity contribution is 0.0197. The van der Waals surface area contributed by atoms with Gasteiger partial charge in [0.25, 0.3) is 0 Å². The Balaban J connectivity index is 1.57. The fourth-order valence-electron chi connectivity index (χ4n) is 3.49. The number of nitrogens with one attached hydrogen (secondary N) is 1. The highest BCUT2D eigenvalue weighted by atomic mass is 16.5. The van der Waals surface area contributed by atoms with Crippen molar-refractivity contribution < 1.29 is 9.84 Å². The fraction of sp³-hybridized carbons (Fsp3) is 1.00. The molecule has 3 rings (SSSR count). The van der Waals surface area contributed by atoms with Crippen LogP contribution < -0.4 is 5.32 Å². The van der Waals surface area contributed by atoms with Crippen molar-refractivity contribution in [1.29, 1.82) is 0 Å². The van der Waals surface area contributed by atoms with Crippen LogP contribution in [0.3, 0.4) is 0 Å². The van der Waals surface area contributed by atoms with E-state index < -0.39 is 0 Å². The lowest BCUT2D eigenvalue weighted by Gasteiger charge is -2.41. The third-order valence-corrected chi connectivity index (χ3v) is 5.08. The zero-order chi connectivity index (χ0) is 13.3. The van der Waals surface area contributed by atoms with Gasteiger partial charge < -0.3 is 20.1 Å². The Morgan fingerprint density at radius 2 is 1.84 bits per heavy atom. The summed E-state index contributed by atoms with van der Waals surface area (Å²) in [7, 11) is 1.82. The molecule has 1 aliphatic heterocycles. The highest BCUT2D eigenvalue weighted by molar-refractivity contribution is 5.06. The molecule has 2 N–H and O–H groups in total. The molecule has 0 spiro atoms. The molecular formula is C15H28N2O2. The molecule has 4 nitrogen and oxygen atoms in total. The second-order valence-electron chi connectivity index (χ2n) is 6.72. The molecule has 1 unspecified atom stereocenters. The van der Waals surface area contributed by atoms with E-state index in [1.807, 2.05) is 7.11 Å². The van der Waals surface area contributed by atoms with Crippen molar-refractivity contribution in [3.05, 3.63) is 0 Å². The fourth-order valence-corrected chi connectivity index (χ4v) is 3.49. The van der Waals surface area contributed by atoms with Crippen molar-refractivity contribution in [2.75, 3.05) is 33.4 Å². The van der Waals surface area contributed by atoms with E-state index in [9.17, 15) is 5.11 Å². The van der Waals surface area contributed by atoms with Gasteiger partial charge in [0, 0.05) is 32.8 Å². The van der Waals surface area contributed by atoms with Crippen LogP contribution >= 0.6 is 0 Å². The molecule has 0 aromatic heterocycles. The monoisotopic (exact) mass is 268 g/mol. The maximum atomic E-state index is 9.98. The van der Waals surface area contributed by atoms with Crippen LogP contribution in [-0.4, -0.2) is 61.0 Å². The molecule has 1 saturated heterocycles. The molecule has 2 saturated carbocycles. The van der Waals surface area contributed by atoms with E-state index in [-0.39, 0.29) is 5.54 Å². The van der Waals surface area contributed by atoms with Crippen LogP contribution in [0.2, 0.25) is 0 Å². The summed E-state index contributed by atoms with van der Waals surface area (Å²) in [6.45, 7) is 3.53. The second kappa shape index (κ2) is 5.68. The molecule has 0 aromatic carbocycles. The zero-order valence-corrected chi connectivity index (χ0v) is 12.1. The van der Waals surface area contributed by atoms with Gasteiger partial charge in [0.05, 0.1) is 18.2 Å². The molecule has 4 heteroatoms. The number of nitrogens with zero attached hydrogens (tertiary/aromatic N) is 1.